The summed E-state index contributed by atoms with van der Waals surface area (Å²) in [5.74, 6) is -0.843. The van der Waals surface area contributed by atoms with E-state index in [4.69, 9.17) is 9.84 Å². The monoisotopic (exact) mass is 281 g/mol. The van der Waals surface area contributed by atoms with Crippen molar-refractivity contribution in [3.8, 4) is 5.75 Å². The van der Waals surface area contributed by atoms with E-state index < -0.39 is 11.9 Å². The smallest absolute Gasteiger partial charge is 0.337 e. The van der Waals surface area contributed by atoms with Crippen molar-refractivity contribution < 1.29 is 19.4 Å². The summed E-state index contributed by atoms with van der Waals surface area (Å²) in [6.07, 6.45) is 0. The summed E-state index contributed by atoms with van der Waals surface area (Å²) in [7, 11) is 1.56. The van der Waals surface area contributed by atoms with Crippen LogP contribution in [0.15, 0.2) is 47.5 Å². The predicted octanol–water partition coefficient (Wildman–Crippen LogP) is 0.752. The van der Waals surface area contributed by atoms with Crippen LogP contribution in [0, 0.1) is 0 Å². The van der Waals surface area contributed by atoms with E-state index in [1.54, 1.807) is 43.5 Å². The molecule has 0 saturated heterocycles. The Labute approximate surface area is 119 Å². The molecule has 5 nitrogen and oxygen atoms in total. The maximum atomic E-state index is 12.1. The van der Waals surface area contributed by atoms with Crippen LogP contribution in [0.4, 0.5) is 0 Å². The standard InChI is InChI=1S/C16H11NO4/c1-21-10-7-5-9(6-8-10)13-11-3-2-4-12(16(19)20)14(11)17-15(13)18/h2-8H,1H3,(H,19,20). The molecule has 2 aromatic carbocycles. The molecule has 0 unspecified atom stereocenters. The topological polar surface area (TPSA) is 76.0 Å². The molecule has 1 amide bonds. The molecule has 0 aromatic heterocycles. The van der Waals surface area contributed by atoms with Gasteiger partial charge in [0.05, 0.1) is 23.6 Å². The van der Waals surface area contributed by atoms with Crippen LogP contribution in [0.25, 0.3) is 5.57 Å². The van der Waals surface area contributed by atoms with Crippen LogP contribution in [-0.4, -0.2) is 24.1 Å². The highest BCUT2D eigenvalue weighted by Gasteiger charge is 2.21. The van der Waals surface area contributed by atoms with Crippen molar-refractivity contribution in [2.75, 3.05) is 7.11 Å². The number of nitrogens with zero attached hydrogens (tertiary/aromatic N) is 1. The second-order valence-electron chi connectivity index (χ2n) is 4.53. The number of ether oxygens (including phenoxy) is 1. The van der Waals surface area contributed by atoms with Gasteiger partial charge in [-0.15, -0.1) is 0 Å². The zero-order valence-electron chi connectivity index (χ0n) is 11.2. The molecule has 21 heavy (non-hydrogen) atoms. The van der Waals surface area contributed by atoms with Crippen molar-refractivity contribution in [3.05, 3.63) is 64.2 Å². The van der Waals surface area contributed by atoms with E-state index in [0.29, 0.717) is 22.1 Å². The molecule has 0 atom stereocenters. The summed E-state index contributed by atoms with van der Waals surface area (Å²) in [5, 5.41) is 9.93. The first-order valence-electron chi connectivity index (χ1n) is 6.26. The third-order valence-electron chi connectivity index (χ3n) is 3.34. The van der Waals surface area contributed by atoms with Gasteiger partial charge in [-0.25, -0.2) is 9.79 Å². The fourth-order valence-electron chi connectivity index (χ4n) is 2.35. The molecule has 5 heteroatoms. The normalized spacial score (nSPS) is 12.8. The molecular weight excluding hydrogens is 270 g/mol. The van der Waals surface area contributed by atoms with E-state index in [-0.39, 0.29) is 10.9 Å². The molecular formula is C16H11NO4. The van der Waals surface area contributed by atoms with Crippen molar-refractivity contribution in [2.24, 2.45) is 4.99 Å². The van der Waals surface area contributed by atoms with Crippen molar-refractivity contribution in [1.29, 1.82) is 0 Å². The fraction of sp³-hybridized carbons (Fsp3) is 0.0625. The van der Waals surface area contributed by atoms with Gasteiger partial charge in [0, 0.05) is 5.22 Å². The van der Waals surface area contributed by atoms with Gasteiger partial charge in [0.25, 0.3) is 5.91 Å². The third-order valence-corrected chi connectivity index (χ3v) is 3.34. The van der Waals surface area contributed by atoms with Gasteiger partial charge in [0.15, 0.2) is 0 Å². The number of benzene rings is 2. The van der Waals surface area contributed by atoms with Crippen LogP contribution in [-0.2, 0) is 4.79 Å². The average Bonchev–Trinajstić information content (AvgIpc) is 2.82. The minimum atomic E-state index is -1.10. The molecule has 2 aromatic rings. The minimum Gasteiger partial charge on any atom is -0.497 e. The summed E-state index contributed by atoms with van der Waals surface area (Å²) < 4.78 is 5.08. The Bertz CT molecular complexity index is 866. The van der Waals surface area contributed by atoms with Gasteiger partial charge in [-0.3, -0.25) is 4.79 Å². The van der Waals surface area contributed by atoms with E-state index in [2.05, 4.69) is 4.99 Å². The van der Waals surface area contributed by atoms with Gasteiger partial charge in [-0.2, -0.15) is 0 Å². The number of aromatic carboxylic acids is 1. The first kappa shape index (κ1) is 13.1. The second-order valence-corrected chi connectivity index (χ2v) is 4.53. The number of carbonyl (C=O) groups excluding carboxylic acids is 1. The summed E-state index contributed by atoms with van der Waals surface area (Å²) in [6.45, 7) is 0. The molecule has 1 N–H and O–H groups in total. The third kappa shape index (κ3) is 2.08. The van der Waals surface area contributed by atoms with Gasteiger partial charge in [-0.1, -0.05) is 24.3 Å². The van der Waals surface area contributed by atoms with Crippen LogP contribution in [0.1, 0.15) is 15.9 Å². The average molecular weight is 281 g/mol. The number of carbonyl (C=O) groups is 2. The molecule has 0 saturated carbocycles. The number of hydrogen-bond acceptors (Lipinski definition) is 3. The maximum absolute atomic E-state index is 12.1. The van der Waals surface area contributed by atoms with Gasteiger partial charge >= 0.3 is 5.97 Å². The number of hydrogen-bond donors (Lipinski definition) is 1. The molecule has 0 fully saturated rings. The Hall–Kier alpha value is -2.95. The van der Waals surface area contributed by atoms with Crippen molar-refractivity contribution in [3.63, 3.8) is 0 Å². The van der Waals surface area contributed by atoms with Gasteiger partial charge in [-0.05, 0) is 23.8 Å². The fourth-order valence-corrected chi connectivity index (χ4v) is 2.35. The zero-order chi connectivity index (χ0) is 15.0. The van der Waals surface area contributed by atoms with Crippen molar-refractivity contribution in [1.82, 2.24) is 0 Å². The lowest BCUT2D eigenvalue weighted by Gasteiger charge is -2.03. The maximum Gasteiger partial charge on any atom is 0.337 e. The molecule has 0 bridgehead atoms. The first-order chi connectivity index (χ1) is 10.1. The number of methoxy groups -OCH3 is 1. The van der Waals surface area contributed by atoms with Crippen LogP contribution in [0.2, 0.25) is 0 Å². The van der Waals surface area contributed by atoms with Crippen LogP contribution >= 0.6 is 0 Å². The number of amides is 1. The van der Waals surface area contributed by atoms with Gasteiger partial charge in [0.1, 0.15) is 5.75 Å². The van der Waals surface area contributed by atoms with Crippen LogP contribution in [0.5, 0.6) is 5.75 Å². The summed E-state index contributed by atoms with van der Waals surface area (Å²) in [5.41, 5.74) is 1.13. The number of fused-ring (bicyclic) bond motifs is 1. The minimum absolute atomic E-state index is 0.0318. The predicted molar refractivity (Wildman–Crippen MR) is 74.7 cm³/mol. The largest absolute Gasteiger partial charge is 0.497 e. The number of carboxylic acid groups (broad SMARTS) is 1. The second kappa shape index (κ2) is 4.86. The Morgan fingerprint density at radius 2 is 1.86 bits per heavy atom. The van der Waals surface area contributed by atoms with Gasteiger partial charge < -0.3 is 9.84 Å². The summed E-state index contributed by atoms with van der Waals surface area (Å²) in [4.78, 5) is 27.2. The van der Waals surface area contributed by atoms with Crippen molar-refractivity contribution in [2.45, 2.75) is 0 Å². The zero-order valence-corrected chi connectivity index (χ0v) is 11.2. The SMILES string of the molecule is COc1ccc(C2=c3cccc(C(=O)O)c3=NC2=O)cc1. The Morgan fingerprint density at radius 1 is 1.14 bits per heavy atom. The van der Waals surface area contributed by atoms with E-state index in [9.17, 15) is 9.59 Å². The lowest BCUT2D eigenvalue weighted by Crippen LogP contribution is -2.29. The quantitative estimate of drug-likeness (QED) is 0.901. The Balaban J connectivity index is 2.28. The highest BCUT2D eigenvalue weighted by atomic mass is 16.5. The molecule has 1 aliphatic heterocycles. The van der Waals surface area contributed by atoms with Crippen molar-refractivity contribution >= 4 is 17.4 Å². The Kier molecular flexibility index (Phi) is 3.02. The number of carboxylic acids is 1. The van der Waals surface area contributed by atoms with Crippen LogP contribution in [0.3, 0.4) is 0 Å². The lowest BCUT2D eigenvalue weighted by molar-refractivity contribution is -0.112. The molecule has 3 rings (SSSR count). The van der Waals surface area contributed by atoms with E-state index in [1.807, 2.05) is 0 Å². The molecule has 1 heterocycles. The number of rotatable bonds is 3. The molecule has 0 radical (unpaired) electrons. The summed E-state index contributed by atoms with van der Waals surface area (Å²) in [6, 6.07) is 11.8. The highest BCUT2D eigenvalue weighted by molar-refractivity contribution is 6.21. The molecule has 0 aliphatic carbocycles. The lowest BCUT2D eigenvalue weighted by atomic mass is 10.0. The first-order valence-corrected chi connectivity index (χ1v) is 6.26. The van der Waals surface area contributed by atoms with Crippen LogP contribution < -0.4 is 15.3 Å². The van der Waals surface area contributed by atoms with E-state index in [1.165, 1.54) is 6.07 Å². The number of para-hydroxylation sites is 1. The highest BCUT2D eigenvalue weighted by Crippen LogP contribution is 2.18. The molecule has 1 aliphatic rings. The Morgan fingerprint density at radius 3 is 2.48 bits per heavy atom. The van der Waals surface area contributed by atoms with Gasteiger partial charge in [0.2, 0.25) is 0 Å². The summed E-state index contributed by atoms with van der Waals surface area (Å²) >= 11 is 0. The molecule has 0 spiro atoms. The van der Waals surface area contributed by atoms with E-state index >= 15 is 0 Å². The van der Waals surface area contributed by atoms with E-state index in [0.717, 1.165) is 0 Å². The molecule has 104 valence electrons.